The summed E-state index contributed by atoms with van der Waals surface area (Å²) in [6.45, 7) is 0.885. The van der Waals surface area contributed by atoms with Crippen molar-refractivity contribution in [2.75, 3.05) is 24.5 Å². The lowest BCUT2D eigenvalue weighted by molar-refractivity contribution is -0.134. The van der Waals surface area contributed by atoms with Crippen LogP contribution >= 0.6 is 0 Å². The number of hydrogen-bond donors (Lipinski definition) is 2. The van der Waals surface area contributed by atoms with Gasteiger partial charge in [0.15, 0.2) is 0 Å². The highest BCUT2D eigenvalue weighted by Gasteiger charge is 2.38. The highest BCUT2D eigenvalue weighted by atomic mass is 19.1. The van der Waals surface area contributed by atoms with Crippen LogP contribution in [0.4, 0.5) is 19.3 Å². The van der Waals surface area contributed by atoms with Crippen LogP contribution in [-0.2, 0) is 16.0 Å². The second kappa shape index (κ2) is 7.03. The van der Waals surface area contributed by atoms with E-state index in [-0.39, 0.29) is 36.9 Å². The third kappa shape index (κ3) is 3.08. The van der Waals surface area contributed by atoms with Gasteiger partial charge in [-0.1, -0.05) is 0 Å². The van der Waals surface area contributed by atoms with Crippen molar-refractivity contribution in [1.82, 2.24) is 10.2 Å². The molecule has 1 unspecified atom stereocenters. The number of benzene rings is 1. The zero-order valence-corrected chi connectivity index (χ0v) is 15.2. The number of fused-ring (bicyclic) bond motifs is 1. The second-order valence-corrected chi connectivity index (χ2v) is 7.54. The Morgan fingerprint density at radius 2 is 1.82 bits per heavy atom. The molecule has 2 fully saturated rings. The third-order valence-electron chi connectivity index (χ3n) is 6.00. The molecule has 9 heteroatoms. The van der Waals surface area contributed by atoms with Crippen molar-refractivity contribution in [1.29, 1.82) is 0 Å². The molecule has 0 aromatic heterocycles. The molecule has 28 heavy (non-hydrogen) atoms. The molecule has 1 aromatic rings. The van der Waals surface area contributed by atoms with Gasteiger partial charge in [-0.05, 0) is 37.7 Å². The molecule has 0 radical (unpaired) electrons. The van der Waals surface area contributed by atoms with E-state index in [0.717, 1.165) is 0 Å². The standard InChI is InChI=1S/C19H21F2N3O4/c20-12-9-14-11(5-8-24(14)13-1-2-15(25)22-18(13)26)17(21)16(12)10-3-6-23(7-4-10)19(27)28/h9-10,13H,1-8H2,(H,27,28)(H,22,25,26). The maximum absolute atomic E-state index is 15.2. The molecule has 2 N–H and O–H groups in total. The van der Waals surface area contributed by atoms with Crippen LogP contribution in [0.1, 0.15) is 42.7 Å². The summed E-state index contributed by atoms with van der Waals surface area (Å²) in [7, 11) is 0. The number of anilines is 1. The first-order chi connectivity index (χ1) is 13.4. The molecule has 2 saturated heterocycles. The number of rotatable bonds is 2. The van der Waals surface area contributed by atoms with Crippen LogP contribution in [-0.4, -0.2) is 53.6 Å². The van der Waals surface area contributed by atoms with Gasteiger partial charge in [-0.15, -0.1) is 0 Å². The number of likely N-dealkylation sites (tertiary alicyclic amines) is 1. The number of nitrogens with zero attached hydrogens (tertiary/aromatic N) is 2. The molecule has 150 valence electrons. The number of hydrogen-bond acceptors (Lipinski definition) is 4. The minimum absolute atomic E-state index is 0.0221. The topological polar surface area (TPSA) is 90.0 Å². The summed E-state index contributed by atoms with van der Waals surface area (Å²) in [4.78, 5) is 37.5. The number of halogens is 2. The van der Waals surface area contributed by atoms with Crippen molar-refractivity contribution in [2.45, 2.75) is 44.1 Å². The SMILES string of the molecule is O=C1CCC(N2CCc3c2cc(F)c(C2CCN(C(=O)O)CC2)c3F)C(=O)N1. The van der Waals surface area contributed by atoms with Gasteiger partial charge in [-0.2, -0.15) is 0 Å². The van der Waals surface area contributed by atoms with E-state index in [1.165, 1.54) is 11.0 Å². The fourth-order valence-corrected chi connectivity index (χ4v) is 4.55. The van der Waals surface area contributed by atoms with E-state index in [1.807, 2.05) is 0 Å². The molecule has 0 aliphatic carbocycles. The van der Waals surface area contributed by atoms with E-state index in [2.05, 4.69) is 5.32 Å². The Bertz CT molecular complexity index is 852. The molecule has 0 saturated carbocycles. The number of carboxylic acid groups (broad SMARTS) is 1. The first kappa shape index (κ1) is 18.6. The number of imide groups is 1. The number of piperidine rings is 2. The highest BCUT2D eigenvalue weighted by Crippen LogP contribution is 2.40. The van der Waals surface area contributed by atoms with Gasteiger partial charge in [0.1, 0.15) is 17.7 Å². The summed E-state index contributed by atoms with van der Waals surface area (Å²) in [5.41, 5.74) is 0.784. The Balaban J connectivity index is 1.60. The maximum atomic E-state index is 15.2. The largest absolute Gasteiger partial charge is 0.465 e. The van der Waals surface area contributed by atoms with Crippen molar-refractivity contribution in [3.8, 4) is 0 Å². The van der Waals surface area contributed by atoms with Gasteiger partial charge in [-0.25, -0.2) is 13.6 Å². The molecule has 0 bridgehead atoms. The van der Waals surface area contributed by atoms with Gasteiger partial charge in [0.25, 0.3) is 0 Å². The summed E-state index contributed by atoms with van der Waals surface area (Å²) in [6, 6.07) is 0.677. The normalized spacial score (nSPS) is 23.0. The lowest BCUT2D eigenvalue weighted by Gasteiger charge is -2.33. The van der Waals surface area contributed by atoms with E-state index in [1.54, 1.807) is 4.90 Å². The molecule has 3 heterocycles. The summed E-state index contributed by atoms with van der Waals surface area (Å²) in [5, 5.41) is 11.3. The summed E-state index contributed by atoms with van der Waals surface area (Å²) in [5.74, 6) is -2.38. The minimum atomic E-state index is -1.02. The van der Waals surface area contributed by atoms with E-state index in [0.29, 0.717) is 43.5 Å². The average Bonchev–Trinajstić information content (AvgIpc) is 3.06. The Morgan fingerprint density at radius 1 is 1.11 bits per heavy atom. The molecule has 0 spiro atoms. The molecule has 7 nitrogen and oxygen atoms in total. The molecule has 1 atom stereocenters. The summed E-state index contributed by atoms with van der Waals surface area (Å²) < 4.78 is 30.1. The summed E-state index contributed by atoms with van der Waals surface area (Å²) in [6.07, 6.45) is 0.607. The highest BCUT2D eigenvalue weighted by molar-refractivity contribution is 6.01. The van der Waals surface area contributed by atoms with E-state index >= 15 is 4.39 Å². The minimum Gasteiger partial charge on any atom is -0.465 e. The van der Waals surface area contributed by atoms with Crippen molar-refractivity contribution in [3.63, 3.8) is 0 Å². The first-order valence-corrected chi connectivity index (χ1v) is 9.45. The monoisotopic (exact) mass is 393 g/mol. The third-order valence-corrected chi connectivity index (χ3v) is 6.00. The average molecular weight is 393 g/mol. The molecule has 3 amide bonds. The van der Waals surface area contributed by atoms with E-state index < -0.39 is 29.7 Å². The lowest BCUT2D eigenvalue weighted by atomic mass is 9.87. The molecular weight excluding hydrogens is 372 g/mol. The van der Waals surface area contributed by atoms with Crippen LogP contribution in [0.3, 0.4) is 0 Å². The van der Waals surface area contributed by atoms with Gasteiger partial charge in [0.2, 0.25) is 11.8 Å². The van der Waals surface area contributed by atoms with E-state index in [4.69, 9.17) is 5.11 Å². The predicted octanol–water partition coefficient (Wildman–Crippen LogP) is 1.99. The fraction of sp³-hybridized carbons (Fsp3) is 0.526. The molecule has 3 aliphatic rings. The maximum Gasteiger partial charge on any atom is 0.407 e. The Morgan fingerprint density at radius 3 is 2.46 bits per heavy atom. The number of carbonyl (C=O) groups is 3. The Labute approximate surface area is 160 Å². The number of nitrogens with one attached hydrogen (secondary N) is 1. The van der Waals surface area contributed by atoms with E-state index in [9.17, 15) is 18.8 Å². The van der Waals surface area contributed by atoms with Crippen LogP contribution in [0, 0.1) is 11.6 Å². The van der Waals surface area contributed by atoms with Gasteiger partial charge in [-0.3, -0.25) is 14.9 Å². The van der Waals surface area contributed by atoms with Crippen LogP contribution in [0.25, 0.3) is 0 Å². The van der Waals surface area contributed by atoms with Gasteiger partial charge >= 0.3 is 6.09 Å². The van der Waals surface area contributed by atoms with Gasteiger partial charge < -0.3 is 14.9 Å². The van der Waals surface area contributed by atoms with Crippen molar-refractivity contribution in [3.05, 3.63) is 28.8 Å². The van der Waals surface area contributed by atoms with Crippen molar-refractivity contribution >= 4 is 23.6 Å². The second-order valence-electron chi connectivity index (χ2n) is 7.54. The smallest absolute Gasteiger partial charge is 0.407 e. The first-order valence-electron chi connectivity index (χ1n) is 9.45. The number of carbonyl (C=O) groups excluding carboxylic acids is 2. The van der Waals surface area contributed by atoms with Crippen LogP contribution in [0.15, 0.2) is 6.07 Å². The molecule has 1 aromatic carbocycles. The van der Waals surface area contributed by atoms with Crippen molar-refractivity contribution in [2.24, 2.45) is 0 Å². The quantitative estimate of drug-likeness (QED) is 0.750. The Kier molecular flexibility index (Phi) is 4.68. The zero-order chi connectivity index (χ0) is 20.0. The lowest BCUT2D eigenvalue weighted by Crippen LogP contribution is -2.52. The van der Waals surface area contributed by atoms with Crippen molar-refractivity contribution < 1.29 is 28.3 Å². The van der Waals surface area contributed by atoms with Gasteiger partial charge in [0, 0.05) is 42.9 Å². The molecule has 4 rings (SSSR count). The zero-order valence-electron chi connectivity index (χ0n) is 15.2. The van der Waals surface area contributed by atoms with Gasteiger partial charge in [0.05, 0.1) is 0 Å². The predicted molar refractivity (Wildman–Crippen MR) is 95.2 cm³/mol. The summed E-state index contributed by atoms with van der Waals surface area (Å²) >= 11 is 0. The van der Waals surface area contributed by atoms with Crippen LogP contribution in [0.5, 0.6) is 0 Å². The molecule has 3 aliphatic heterocycles. The number of amides is 3. The van der Waals surface area contributed by atoms with Crippen LogP contribution < -0.4 is 10.2 Å². The van der Waals surface area contributed by atoms with Crippen LogP contribution in [0.2, 0.25) is 0 Å². The molecular formula is C19H21F2N3O4. The Hall–Kier alpha value is -2.71. The fourth-order valence-electron chi connectivity index (χ4n) is 4.55.